The summed E-state index contributed by atoms with van der Waals surface area (Å²) in [6.45, 7) is 1.97. The first kappa shape index (κ1) is 17.8. The predicted molar refractivity (Wildman–Crippen MR) is 117 cm³/mol. The summed E-state index contributed by atoms with van der Waals surface area (Å²) in [4.78, 5) is 22.4. The van der Waals surface area contributed by atoms with Crippen LogP contribution in [0, 0.1) is 12.7 Å². The Kier molecular flexibility index (Phi) is 4.25. The summed E-state index contributed by atoms with van der Waals surface area (Å²) in [5, 5.41) is 2.90. The number of aromatic nitrogens is 2. The number of thiophene rings is 1. The van der Waals surface area contributed by atoms with Crippen LogP contribution in [0.2, 0.25) is 0 Å². The van der Waals surface area contributed by atoms with Crippen molar-refractivity contribution in [1.29, 1.82) is 0 Å². The minimum Gasteiger partial charge on any atom is -0.310 e. The fourth-order valence-electron chi connectivity index (χ4n) is 3.84. The summed E-state index contributed by atoms with van der Waals surface area (Å²) in [6, 6.07) is 20.6. The first-order valence-corrected chi connectivity index (χ1v) is 10.2. The zero-order valence-corrected chi connectivity index (χ0v) is 16.5. The van der Waals surface area contributed by atoms with Crippen molar-refractivity contribution in [3.8, 4) is 11.1 Å². The molecule has 3 nitrogen and oxygen atoms in total. The molecule has 3 aromatic carbocycles. The number of aromatic amines is 1. The number of hydrogen-bond acceptors (Lipinski definition) is 3. The van der Waals surface area contributed by atoms with Crippen molar-refractivity contribution in [1.82, 2.24) is 9.97 Å². The molecule has 0 aliphatic heterocycles. The average Bonchev–Trinajstić information content (AvgIpc) is 3.05. The molecular formula is C24H17FN2OS. The first-order chi connectivity index (χ1) is 14.1. The van der Waals surface area contributed by atoms with Gasteiger partial charge in [-0.05, 0) is 41.0 Å². The second kappa shape index (κ2) is 6.94. The topological polar surface area (TPSA) is 45.8 Å². The average molecular weight is 400 g/mol. The van der Waals surface area contributed by atoms with Crippen molar-refractivity contribution in [2.45, 2.75) is 13.3 Å². The van der Waals surface area contributed by atoms with E-state index in [1.54, 1.807) is 12.1 Å². The number of hydrogen-bond donors (Lipinski definition) is 1. The Morgan fingerprint density at radius 2 is 1.76 bits per heavy atom. The molecule has 0 saturated heterocycles. The van der Waals surface area contributed by atoms with Gasteiger partial charge in [0.2, 0.25) is 0 Å². The highest BCUT2D eigenvalue weighted by Crippen LogP contribution is 2.35. The molecule has 0 aliphatic rings. The van der Waals surface area contributed by atoms with E-state index >= 15 is 0 Å². The third-order valence-corrected chi connectivity index (χ3v) is 6.16. The molecule has 0 unspecified atom stereocenters. The van der Waals surface area contributed by atoms with E-state index in [4.69, 9.17) is 4.98 Å². The Hall–Kier alpha value is -3.31. The smallest absolute Gasteiger partial charge is 0.260 e. The lowest BCUT2D eigenvalue weighted by Gasteiger charge is -2.07. The van der Waals surface area contributed by atoms with E-state index in [1.165, 1.54) is 28.9 Å². The molecule has 142 valence electrons. The minimum absolute atomic E-state index is 0.158. The normalized spacial score (nSPS) is 11.4. The third-order valence-electron chi connectivity index (χ3n) is 5.16. The summed E-state index contributed by atoms with van der Waals surface area (Å²) in [5.41, 5.74) is 2.62. The number of rotatable bonds is 3. The molecule has 0 atom stereocenters. The van der Waals surface area contributed by atoms with Gasteiger partial charge in [0.05, 0.1) is 5.39 Å². The quantitative estimate of drug-likeness (QED) is 0.413. The number of fused-ring (bicyclic) bond motifs is 2. The van der Waals surface area contributed by atoms with Crippen molar-refractivity contribution < 1.29 is 4.39 Å². The third kappa shape index (κ3) is 3.13. The molecule has 5 heteroatoms. The maximum absolute atomic E-state index is 13.3. The molecule has 0 aliphatic carbocycles. The van der Waals surface area contributed by atoms with E-state index in [2.05, 4.69) is 29.2 Å². The van der Waals surface area contributed by atoms with Gasteiger partial charge in [0.1, 0.15) is 16.5 Å². The lowest BCUT2D eigenvalue weighted by molar-refractivity contribution is 0.628. The van der Waals surface area contributed by atoms with E-state index in [0.29, 0.717) is 22.5 Å². The molecule has 5 aromatic rings. The number of nitrogens with zero attached hydrogens (tertiary/aromatic N) is 1. The highest BCUT2D eigenvalue weighted by Gasteiger charge is 2.17. The summed E-state index contributed by atoms with van der Waals surface area (Å²) in [6.07, 6.45) is 0.551. The number of halogens is 1. The fourth-order valence-corrected chi connectivity index (χ4v) is 4.90. The van der Waals surface area contributed by atoms with Gasteiger partial charge < -0.3 is 4.98 Å². The molecule has 0 fully saturated rings. The molecule has 0 saturated carbocycles. The molecule has 0 radical (unpaired) electrons. The molecule has 29 heavy (non-hydrogen) atoms. The van der Waals surface area contributed by atoms with Crippen molar-refractivity contribution in [2.75, 3.05) is 0 Å². The fraction of sp³-hybridized carbons (Fsp3) is 0.0833. The van der Waals surface area contributed by atoms with Gasteiger partial charge in [0.15, 0.2) is 0 Å². The Balaban J connectivity index is 1.62. The van der Waals surface area contributed by atoms with Gasteiger partial charge >= 0.3 is 0 Å². The molecule has 1 N–H and O–H groups in total. The highest BCUT2D eigenvalue weighted by atomic mass is 32.1. The summed E-state index contributed by atoms with van der Waals surface area (Å²) in [5.74, 6) is 0.348. The molecule has 0 amide bonds. The lowest BCUT2D eigenvalue weighted by Crippen LogP contribution is -2.12. The second-order valence-electron chi connectivity index (χ2n) is 7.05. The van der Waals surface area contributed by atoms with Crippen molar-refractivity contribution in [3.05, 3.63) is 99.2 Å². The maximum Gasteiger partial charge on any atom is 0.260 e. The Morgan fingerprint density at radius 3 is 2.59 bits per heavy atom. The van der Waals surface area contributed by atoms with Gasteiger partial charge in [0, 0.05) is 16.9 Å². The van der Waals surface area contributed by atoms with Crippen LogP contribution in [-0.4, -0.2) is 9.97 Å². The van der Waals surface area contributed by atoms with Crippen LogP contribution in [0.5, 0.6) is 0 Å². The second-order valence-corrected chi connectivity index (χ2v) is 8.25. The van der Waals surface area contributed by atoms with Gasteiger partial charge in [-0.1, -0.05) is 54.6 Å². The number of H-pyrrole nitrogens is 1. The van der Waals surface area contributed by atoms with Gasteiger partial charge in [-0.15, -0.1) is 11.3 Å². The van der Waals surface area contributed by atoms with Gasteiger partial charge in [-0.3, -0.25) is 4.79 Å². The van der Waals surface area contributed by atoms with Crippen LogP contribution < -0.4 is 5.56 Å². The van der Waals surface area contributed by atoms with Gasteiger partial charge in [-0.25, -0.2) is 9.37 Å². The minimum atomic E-state index is -0.296. The van der Waals surface area contributed by atoms with E-state index in [1.807, 2.05) is 25.1 Å². The monoisotopic (exact) mass is 400 g/mol. The maximum atomic E-state index is 13.3. The molecule has 0 bridgehead atoms. The van der Waals surface area contributed by atoms with Crippen LogP contribution in [0.1, 0.15) is 16.3 Å². The Bertz CT molecular complexity index is 1410. The SMILES string of the molecule is Cc1sc2nc(Cc3cccc4ccccc34)[nH]c(=O)c2c1-c1ccc(F)cc1. The van der Waals surface area contributed by atoms with E-state index < -0.39 is 0 Å². The summed E-state index contributed by atoms with van der Waals surface area (Å²) < 4.78 is 13.3. The van der Waals surface area contributed by atoms with E-state index in [-0.39, 0.29) is 11.4 Å². The zero-order chi connectivity index (χ0) is 20.0. The van der Waals surface area contributed by atoms with Crippen molar-refractivity contribution >= 4 is 32.3 Å². The molecule has 5 rings (SSSR count). The summed E-state index contributed by atoms with van der Waals surface area (Å²) >= 11 is 1.50. The first-order valence-electron chi connectivity index (χ1n) is 9.35. The van der Waals surface area contributed by atoms with Crippen molar-refractivity contribution in [3.63, 3.8) is 0 Å². The van der Waals surface area contributed by atoms with E-state index in [0.717, 1.165) is 27.0 Å². The largest absolute Gasteiger partial charge is 0.310 e. The van der Waals surface area contributed by atoms with Gasteiger partial charge in [0.25, 0.3) is 5.56 Å². The van der Waals surface area contributed by atoms with Crippen LogP contribution in [0.4, 0.5) is 4.39 Å². The van der Waals surface area contributed by atoms with Crippen LogP contribution >= 0.6 is 11.3 Å². The van der Waals surface area contributed by atoms with Crippen molar-refractivity contribution in [2.24, 2.45) is 0 Å². The van der Waals surface area contributed by atoms with Gasteiger partial charge in [-0.2, -0.15) is 0 Å². The summed E-state index contributed by atoms with van der Waals surface area (Å²) in [7, 11) is 0. The van der Waals surface area contributed by atoms with Crippen LogP contribution in [0.15, 0.2) is 71.5 Å². The predicted octanol–water partition coefficient (Wildman–Crippen LogP) is 5.84. The van der Waals surface area contributed by atoms with Crippen LogP contribution in [0.3, 0.4) is 0 Å². The number of nitrogens with one attached hydrogen (secondary N) is 1. The molecule has 2 aromatic heterocycles. The molecule has 2 heterocycles. The van der Waals surface area contributed by atoms with Crippen LogP contribution in [-0.2, 0) is 6.42 Å². The highest BCUT2D eigenvalue weighted by molar-refractivity contribution is 7.19. The molecule has 0 spiro atoms. The molecular weight excluding hydrogens is 383 g/mol. The van der Waals surface area contributed by atoms with Crippen LogP contribution in [0.25, 0.3) is 32.1 Å². The Morgan fingerprint density at radius 1 is 1.00 bits per heavy atom. The number of benzene rings is 3. The standard InChI is InChI=1S/C24H17FN2OS/c1-14-21(16-9-11-18(25)12-10-16)22-23(28)26-20(27-24(22)29-14)13-17-7-4-6-15-5-2-3-8-19(15)17/h2-12H,13H2,1H3,(H,26,27,28). The zero-order valence-electron chi connectivity index (χ0n) is 15.7. The Labute approximate surface area is 170 Å². The van der Waals surface area contributed by atoms with E-state index in [9.17, 15) is 9.18 Å². The lowest BCUT2D eigenvalue weighted by atomic mass is 10.0. The number of aryl methyl sites for hydroxylation is 1.